The van der Waals surface area contributed by atoms with Crippen LogP contribution < -0.4 is 22.3 Å². The fourth-order valence-corrected chi connectivity index (χ4v) is 3.37. The van der Waals surface area contributed by atoms with E-state index in [-0.39, 0.29) is 17.1 Å². The van der Waals surface area contributed by atoms with Crippen molar-refractivity contribution in [2.75, 3.05) is 0 Å². The Labute approximate surface area is 168 Å². The number of nitrogens with one attached hydrogen (secondary N) is 2. The summed E-state index contributed by atoms with van der Waals surface area (Å²) in [5, 5.41) is 7.92. The monoisotopic (exact) mass is 396 g/mol. The first kappa shape index (κ1) is 20.1. The smallest absolute Gasteiger partial charge is 0.305 e. The lowest BCUT2D eigenvalue weighted by atomic mass is 9.75. The standard InChI is InChI=1S/C20H24N6O3/c1-11-15-13(23-26-19(21)22)9-20(2,3)10-14(15)29-16(11)18(28)25-24-17(27)12-7-5-4-6-8-12/h4-8H,9-10H2,1-3H3,(H,24,27)(H,25,28)(H4,21,22,26)/b23-13-. The summed E-state index contributed by atoms with van der Waals surface area (Å²) in [6.45, 7) is 5.90. The lowest BCUT2D eigenvalue weighted by Gasteiger charge is -2.29. The molecule has 9 nitrogen and oxygen atoms in total. The van der Waals surface area contributed by atoms with E-state index in [0.717, 1.165) is 5.56 Å². The van der Waals surface area contributed by atoms with Crippen molar-refractivity contribution >= 4 is 23.5 Å². The molecule has 3 rings (SSSR count). The van der Waals surface area contributed by atoms with E-state index in [2.05, 4.69) is 34.9 Å². The number of hydrogen-bond donors (Lipinski definition) is 4. The zero-order valence-corrected chi connectivity index (χ0v) is 16.6. The highest BCUT2D eigenvalue weighted by molar-refractivity contribution is 6.07. The van der Waals surface area contributed by atoms with E-state index in [0.29, 0.717) is 35.4 Å². The third kappa shape index (κ3) is 4.45. The Bertz CT molecular complexity index is 1000. The number of carbonyl (C=O) groups excluding carboxylic acids is 2. The predicted molar refractivity (Wildman–Crippen MR) is 109 cm³/mol. The molecule has 2 aromatic rings. The molecule has 0 fully saturated rings. The Kier molecular flexibility index (Phi) is 5.40. The molecule has 0 unspecified atom stereocenters. The van der Waals surface area contributed by atoms with Crippen LogP contribution in [0.1, 0.15) is 58.1 Å². The molecule has 0 saturated heterocycles. The van der Waals surface area contributed by atoms with Gasteiger partial charge in [0, 0.05) is 23.1 Å². The summed E-state index contributed by atoms with van der Waals surface area (Å²) in [5.74, 6) is -0.379. The SMILES string of the molecule is Cc1c(C(=O)NNC(=O)c2ccccc2)oc2c1/C(=N\N=C(N)N)CC(C)(C)C2. The second kappa shape index (κ2) is 7.78. The van der Waals surface area contributed by atoms with Gasteiger partial charge in [0.2, 0.25) is 5.96 Å². The van der Waals surface area contributed by atoms with Gasteiger partial charge in [-0.15, -0.1) is 5.10 Å². The first-order chi connectivity index (χ1) is 13.7. The van der Waals surface area contributed by atoms with Crippen molar-refractivity contribution in [1.29, 1.82) is 0 Å². The number of carbonyl (C=O) groups is 2. The van der Waals surface area contributed by atoms with Gasteiger partial charge >= 0.3 is 5.91 Å². The maximum Gasteiger partial charge on any atom is 0.305 e. The highest BCUT2D eigenvalue weighted by atomic mass is 16.4. The van der Waals surface area contributed by atoms with Crippen molar-refractivity contribution < 1.29 is 14.0 Å². The van der Waals surface area contributed by atoms with Crippen molar-refractivity contribution in [1.82, 2.24) is 10.9 Å². The Morgan fingerprint density at radius 3 is 2.38 bits per heavy atom. The maximum absolute atomic E-state index is 12.6. The molecular weight excluding hydrogens is 372 g/mol. The number of rotatable bonds is 3. The Balaban J connectivity index is 1.85. The summed E-state index contributed by atoms with van der Waals surface area (Å²) in [5.41, 5.74) is 17.9. The van der Waals surface area contributed by atoms with Gasteiger partial charge in [0.1, 0.15) is 5.76 Å². The summed E-state index contributed by atoms with van der Waals surface area (Å²) in [6, 6.07) is 8.57. The molecule has 0 bridgehead atoms. The van der Waals surface area contributed by atoms with Crippen LogP contribution in [0.15, 0.2) is 45.0 Å². The van der Waals surface area contributed by atoms with Gasteiger partial charge in [0.25, 0.3) is 5.91 Å². The number of amides is 2. The summed E-state index contributed by atoms with van der Waals surface area (Å²) < 4.78 is 5.85. The van der Waals surface area contributed by atoms with Gasteiger partial charge in [-0.1, -0.05) is 32.0 Å². The molecule has 9 heteroatoms. The average molecular weight is 396 g/mol. The van der Waals surface area contributed by atoms with Crippen LogP contribution in [0.3, 0.4) is 0 Å². The predicted octanol–water partition coefficient (Wildman–Crippen LogP) is 1.61. The van der Waals surface area contributed by atoms with Gasteiger partial charge in [-0.05, 0) is 30.9 Å². The zero-order valence-electron chi connectivity index (χ0n) is 16.6. The van der Waals surface area contributed by atoms with Gasteiger partial charge in [-0.3, -0.25) is 20.4 Å². The lowest BCUT2D eigenvalue weighted by Crippen LogP contribution is -2.41. The van der Waals surface area contributed by atoms with Crippen LogP contribution in [0, 0.1) is 12.3 Å². The molecule has 1 aromatic heterocycles. The van der Waals surface area contributed by atoms with Crippen molar-refractivity contribution in [3.05, 3.63) is 58.5 Å². The number of nitrogens with zero attached hydrogens (tertiary/aromatic N) is 2. The average Bonchev–Trinajstić information content (AvgIpc) is 2.99. The summed E-state index contributed by atoms with van der Waals surface area (Å²) in [7, 11) is 0. The largest absolute Gasteiger partial charge is 0.455 e. The van der Waals surface area contributed by atoms with E-state index >= 15 is 0 Å². The third-order valence-corrected chi connectivity index (χ3v) is 4.61. The minimum atomic E-state index is -0.555. The van der Waals surface area contributed by atoms with E-state index in [1.54, 1.807) is 37.3 Å². The van der Waals surface area contributed by atoms with Crippen LogP contribution in [0.5, 0.6) is 0 Å². The Morgan fingerprint density at radius 2 is 1.72 bits per heavy atom. The molecule has 0 saturated carbocycles. The van der Waals surface area contributed by atoms with Crippen molar-refractivity contribution in [3.63, 3.8) is 0 Å². The van der Waals surface area contributed by atoms with E-state index < -0.39 is 11.8 Å². The topological polar surface area (TPSA) is 148 Å². The molecule has 1 aliphatic rings. The third-order valence-electron chi connectivity index (χ3n) is 4.61. The van der Waals surface area contributed by atoms with Gasteiger partial charge in [-0.25, -0.2) is 0 Å². The molecule has 152 valence electrons. The second-order valence-electron chi connectivity index (χ2n) is 7.72. The fraction of sp³-hybridized carbons (Fsp3) is 0.300. The number of hydrogen-bond acceptors (Lipinski definition) is 5. The number of hydrazine groups is 1. The van der Waals surface area contributed by atoms with Crippen LogP contribution in [0.4, 0.5) is 0 Å². The van der Waals surface area contributed by atoms with E-state index in [1.807, 2.05) is 0 Å². The van der Waals surface area contributed by atoms with Gasteiger partial charge in [0.05, 0.1) is 5.71 Å². The van der Waals surface area contributed by atoms with Crippen molar-refractivity contribution in [3.8, 4) is 0 Å². The lowest BCUT2D eigenvalue weighted by molar-refractivity contribution is 0.0828. The fourth-order valence-electron chi connectivity index (χ4n) is 3.37. The van der Waals surface area contributed by atoms with Gasteiger partial charge in [-0.2, -0.15) is 5.10 Å². The highest BCUT2D eigenvalue weighted by Crippen LogP contribution is 2.38. The van der Waals surface area contributed by atoms with Crippen LogP contribution in [0.2, 0.25) is 0 Å². The summed E-state index contributed by atoms with van der Waals surface area (Å²) in [6.07, 6.45) is 1.26. The molecule has 0 spiro atoms. The molecule has 0 atom stereocenters. The minimum Gasteiger partial charge on any atom is -0.455 e. The quantitative estimate of drug-likeness (QED) is 0.353. The molecular formula is C20H24N6O3. The zero-order chi connectivity index (χ0) is 21.2. The molecule has 1 aromatic carbocycles. The molecule has 1 heterocycles. The Morgan fingerprint density at radius 1 is 1.07 bits per heavy atom. The number of furan rings is 1. The Hall–Kier alpha value is -3.62. The normalized spacial score (nSPS) is 16.0. The van der Waals surface area contributed by atoms with Crippen LogP contribution in [-0.4, -0.2) is 23.5 Å². The van der Waals surface area contributed by atoms with Crippen LogP contribution in [-0.2, 0) is 6.42 Å². The minimum absolute atomic E-state index is 0.110. The maximum atomic E-state index is 12.6. The molecule has 2 amide bonds. The summed E-state index contributed by atoms with van der Waals surface area (Å²) >= 11 is 0. The number of nitrogens with two attached hydrogens (primary N) is 2. The number of guanidine groups is 1. The molecule has 29 heavy (non-hydrogen) atoms. The number of benzene rings is 1. The van der Waals surface area contributed by atoms with E-state index in [1.165, 1.54) is 0 Å². The molecule has 1 aliphatic carbocycles. The van der Waals surface area contributed by atoms with Crippen molar-refractivity contribution in [2.45, 2.75) is 33.6 Å². The first-order valence-electron chi connectivity index (χ1n) is 9.12. The number of fused-ring (bicyclic) bond motifs is 1. The molecule has 0 aliphatic heterocycles. The second-order valence-corrected chi connectivity index (χ2v) is 7.72. The summed E-state index contributed by atoms with van der Waals surface area (Å²) in [4.78, 5) is 24.8. The van der Waals surface area contributed by atoms with E-state index in [4.69, 9.17) is 15.9 Å². The molecule has 6 N–H and O–H groups in total. The first-order valence-corrected chi connectivity index (χ1v) is 9.12. The van der Waals surface area contributed by atoms with Gasteiger partial charge < -0.3 is 15.9 Å². The van der Waals surface area contributed by atoms with Crippen LogP contribution in [0.25, 0.3) is 0 Å². The molecule has 0 radical (unpaired) electrons. The van der Waals surface area contributed by atoms with Crippen molar-refractivity contribution in [2.24, 2.45) is 27.1 Å². The van der Waals surface area contributed by atoms with E-state index in [9.17, 15) is 9.59 Å². The van der Waals surface area contributed by atoms with Gasteiger partial charge in [0.15, 0.2) is 5.76 Å². The highest BCUT2D eigenvalue weighted by Gasteiger charge is 2.36. The van der Waals surface area contributed by atoms with Crippen LogP contribution >= 0.6 is 0 Å².